The van der Waals surface area contributed by atoms with Crippen molar-refractivity contribution in [1.29, 1.82) is 5.26 Å². The third-order valence-electron chi connectivity index (χ3n) is 2.76. The lowest BCUT2D eigenvalue weighted by molar-refractivity contribution is 1.25. The lowest BCUT2D eigenvalue weighted by Gasteiger charge is -2.12. The van der Waals surface area contributed by atoms with Gasteiger partial charge in [-0.3, -0.25) is 0 Å². The standard InChI is InChI=1S/C14H15N3S/c1-8-5-9(2)13(10(3)6-8)17-14-12(7-15)18-11(4)16-14/h5-6,17H,1-4H3. The van der Waals surface area contributed by atoms with E-state index in [0.717, 1.165) is 10.7 Å². The van der Waals surface area contributed by atoms with Gasteiger partial charge in [0.1, 0.15) is 10.9 Å². The van der Waals surface area contributed by atoms with Crippen LogP contribution in [0.15, 0.2) is 12.1 Å². The second-order valence-electron chi connectivity index (χ2n) is 4.42. The van der Waals surface area contributed by atoms with Crippen LogP contribution in [0.1, 0.15) is 26.6 Å². The molecule has 2 rings (SSSR count). The molecule has 4 heteroatoms. The van der Waals surface area contributed by atoms with Crippen LogP contribution in [0.5, 0.6) is 0 Å². The van der Waals surface area contributed by atoms with E-state index in [2.05, 4.69) is 49.3 Å². The van der Waals surface area contributed by atoms with Crippen LogP contribution in [0.2, 0.25) is 0 Å². The van der Waals surface area contributed by atoms with Crippen molar-refractivity contribution in [3.63, 3.8) is 0 Å². The monoisotopic (exact) mass is 257 g/mol. The van der Waals surface area contributed by atoms with Gasteiger partial charge in [-0.25, -0.2) is 4.98 Å². The average molecular weight is 257 g/mol. The van der Waals surface area contributed by atoms with E-state index in [4.69, 9.17) is 5.26 Å². The minimum atomic E-state index is 0.631. The third-order valence-corrected chi connectivity index (χ3v) is 3.63. The molecule has 0 fully saturated rings. The highest BCUT2D eigenvalue weighted by atomic mass is 32.1. The molecule has 0 amide bonds. The molecule has 1 aromatic heterocycles. The number of benzene rings is 1. The summed E-state index contributed by atoms with van der Waals surface area (Å²) in [6, 6.07) is 6.43. The van der Waals surface area contributed by atoms with Gasteiger partial charge in [-0.05, 0) is 38.8 Å². The molecule has 1 N–H and O–H groups in total. The molecule has 1 aromatic carbocycles. The highest BCUT2D eigenvalue weighted by molar-refractivity contribution is 7.12. The number of anilines is 2. The molecule has 1 heterocycles. The molecule has 0 unspecified atom stereocenters. The molecule has 2 aromatic rings. The molecule has 0 saturated heterocycles. The summed E-state index contributed by atoms with van der Waals surface area (Å²) in [5, 5.41) is 13.3. The normalized spacial score (nSPS) is 10.2. The summed E-state index contributed by atoms with van der Waals surface area (Å²) in [5.74, 6) is 0.662. The quantitative estimate of drug-likeness (QED) is 0.884. The van der Waals surface area contributed by atoms with Gasteiger partial charge >= 0.3 is 0 Å². The second kappa shape index (κ2) is 4.79. The Balaban J connectivity index is 2.43. The number of hydrogen-bond acceptors (Lipinski definition) is 4. The van der Waals surface area contributed by atoms with Crippen molar-refractivity contribution < 1.29 is 0 Å². The van der Waals surface area contributed by atoms with Gasteiger partial charge in [0.05, 0.1) is 5.01 Å². The highest BCUT2D eigenvalue weighted by Crippen LogP contribution is 2.29. The number of thiazole rings is 1. The Kier molecular flexibility index (Phi) is 3.35. The van der Waals surface area contributed by atoms with Crippen molar-refractivity contribution in [3.05, 3.63) is 38.7 Å². The van der Waals surface area contributed by atoms with Crippen molar-refractivity contribution in [2.45, 2.75) is 27.7 Å². The number of aromatic nitrogens is 1. The number of nitrogens with one attached hydrogen (secondary N) is 1. The lowest BCUT2D eigenvalue weighted by atomic mass is 10.1. The Morgan fingerprint density at radius 1 is 1.17 bits per heavy atom. The lowest BCUT2D eigenvalue weighted by Crippen LogP contribution is -1.98. The van der Waals surface area contributed by atoms with E-state index < -0.39 is 0 Å². The van der Waals surface area contributed by atoms with E-state index in [1.807, 2.05) is 6.92 Å². The Morgan fingerprint density at radius 3 is 2.33 bits per heavy atom. The summed E-state index contributed by atoms with van der Waals surface area (Å²) in [6.07, 6.45) is 0. The second-order valence-corrected chi connectivity index (χ2v) is 5.62. The van der Waals surface area contributed by atoms with Gasteiger partial charge in [0.25, 0.3) is 0 Å². The molecule has 0 spiro atoms. The van der Waals surface area contributed by atoms with Gasteiger partial charge in [0.2, 0.25) is 0 Å². The van der Waals surface area contributed by atoms with E-state index in [1.54, 1.807) is 0 Å². The first-order chi connectivity index (χ1) is 8.51. The Bertz CT molecular complexity index is 612. The fourth-order valence-electron chi connectivity index (χ4n) is 2.08. The molecule has 18 heavy (non-hydrogen) atoms. The summed E-state index contributed by atoms with van der Waals surface area (Å²) < 4.78 is 0. The third kappa shape index (κ3) is 2.36. The summed E-state index contributed by atoms with van der Waals surface area (Å²) >= 11 is 1.41. The molecule has 0 saturated carbocycles. The Hall–Kier alpha value is -1.86. The predicted octanol–water partition coefficient (Wildman–Crippen LogP) is 3.99. The predicted molar refractivity (Wildman–Crippen MR) is 75.5 cm³/mol. The summed E-state index contributed by atoms with van der Waals surface area (Å²) in [5.41, 5.74) is 4.62. The summed E-state index contributed by atoms with van der Waals surface area (Å²) in [4.78, 5) is 5.00. The zero-order valence-electron chi connectivity index (χ0n) is 11.0. The van der Waals surface area contributed by atoms with Crippen LogP contribution in [0.25, 0.3) is 0 Å². The SMILES string of the molecule is Cc1cc(C)c(Nc2nc(C)sc2C#N)c(C)c1. The van der Waals surface area contributed by atoms with Gasteiger partial charge in [0, 0.05) is 5.69 Å². The fourth-order valence-corrected chi connectivity index (χ4v) is 2.75. The van der Waals surface area contributed by atoms with Crippen molar-refractivity contribution in [2.24, 2.45) is 0 Å². The van der Waals surface area contributed by atoms with Crippen molar-refractivity contribution in [3.8, 4) is 6.07 Å². The van der Waals surface area contributed by atoms with Crippen molar-refractivity contribution >= 4 is 22.8 Å². The smallest absolute Gasteiger partial charge is 0.159 e. The number of hydrogen-bond donors (Lipinski definition) is 1. The van der Waals surface area contributed by atoms with Gasteiger partial charge in [-0.1, -0.05) is 17.7 Å². The largest absolute Gasteiger partial charge is 0.338 e. The minimum Gasteiger partial charge on any atom is -0.338 e. The molecular weight excluding hydrogens is 242 g/mol. The number of nitrogens with zero attached hydrogens (tertiary/aromatic N) is 2. The molecule has 0 aliphatic heterocycles. The zero-order valence-corrected chi connectivity index (χ0v) is 11.8. The first kappa shape index (κ1) is 12.6. The first-order valence-electron chi connectivity index (χ1n) is 5.73. The molecule has 0 radical (unpaired) electrons. The Labute approximate surface area is 111 Å². The number of rotatable bonds is 2. The van der Waals surface area contributed by atoms with E-state index >= 15 is 0 Å². The van der Waals surface area contributed by atoms with E-state index in [1.165, 1.54) is 28.0 Å². The maximum absolute atomic E-state index is 9.07. The molecule has 0 aliphatic rings. The van der Waals surface area contributed by atoms with Gasteiger partial charge < -0.3 is 5.32 Å². The van der Waals surface area contributed by atoms with Gasteiger partial charge in [-0.2, -0.15) is 5.26 Å². The van der Waals surface area contributed by atoms with Crippen molar-refractivity contribution in [1.82, 2.24) is 4.98 Å². The average Bonchev–Trinajstić information content (AvgIpc) is 2.64. The topological polar surface area (TPSA) is 48.7 Å². The van der Waals surface area contributed by atoms with Crippen LogP contribution in [-0.2, 0) is 0 Å². The van der Waals surface area contributed by atoms with E-state index in [0.29, 0.717) is 10.7 Å². The fraction of sp³-hybridized carbons (Fsp3) is 0.286. The summed E-state index contributed by atoms with van der Waals surface area (Å²) in [7, 11) is 0. The molecule has 0 bridgehead atoms. The van der Waals surface area contributed by atoms with Crippen LogP contribution >= 0.6 is 11.3 Å². The van der Waals surface area contributed by atoms with Crippen LogP contribution in [0.3, 0.4) is 0 Å². The minimum absolute atomic E-state index is 0.631. The van der Waals surface area contributed by atoms with Crippen LogP contribution in [0, 0.1) is 39.0 Å². The van der Waals surface area contributed by atoms with Gasteiger partial charge in [0.15, 0.2) is 5.82 Å². The summed E-state index contributed by atoms with van der Waals surface area (Å²) in [6.45, 7) is 8.12. The van der Waals surface area contributed by atoms with Crippen LogP contribution < -0.4 is 5.32 Å². The maximum atomic E-state index is 9.07. The van der Waals surface area contributed by atoms with Crippen LogP contribution in [-0.4, -0.2) is 4.98 Å². The van der Waals surface area contributed by atoms with E-state index in [9.17, 15) is 0 Å². The first-order valence-corrected chi connectivity index (χ1v) is 6.55. The number of aryl methyl sites for hydroxylation is 4. The van der Waals surface area contributed by atoms with Crippen LogP contribution in [0.4, 0.5) is 11.5 Å². The molecule has 92 valence electrons. The molecule has 0 aliphatic carbocycles. The molecule has 0 atom stereocenters. The molecular formula is C14H15N3S. The number of nitriles is 1. The van der Waals surface area contributed by atoms with E-state index in [-0.39, 0.29) is 0 Å². The highest BCUT2D eigenvalue weighted by Gasteiger charge is 2.11. The maximum Gasteiger partial charge on any atom is 0.159 e. The zero-order chi connectivity index (χ0) is 13.3. The van der Waals surface area contributed by atoms with Gasteiger partial charge in [-0.15, -0.1) is 11.3 Å². The Morgan fingerprint density at radius 2 is 1.78 bits per heavy atom. The molecule has 3 nitrogen and oxygen atoms in total. The van der Waals surface area contributed by atoms with Crippen molar-refractivity contribution in [2.75, 3.05) is 5.32 Å².